The predicted molar refractivity (Wildman–Crippen MR) is 114 cm³/mol. The highest BCUT2D eigenvalue weighted by Crippen LogP contribution is 2.22. The molecular formula is C22H27N3O4S. The highest BCUT2D eigenvalue weighted by Gasteiger charge is 2.23. The van der Waals surface area contributed by atoms with Crippen molar-refractivity contribution < 1.29 is 18.0 Å². The number of nitrogens with zero attached hydrogens (tertiary/aromatic N) is 1. The number of rotatable bonds is 6. The summed E-state index contributed by atoms with van der Waals surface area (Å²) in [7, 11) is -2.46. The molecule has 0 heterocycles. The normalized spacial score (nSPS) is 13.6. The first kappa shape index (κ1) is 22.0. The Hall–Kier alpha value is -2.71. The second-order valence-electron chi connectivity index (χ2n) is 7.66. The van der Waals surface area contributed by atoms with Crippen molar-refractivity contribution in [3.8, 4) is 0 Å². The van der Waals surface area contributed by atoms with Gasteiger partial charge < -0.3 is 0 Å². The van der Waals surface area contributed by atoms with Gasteiger partial charge in [-0.3, -0.25) is 20.4 Å². The summed E-state index contributed by atoms with van der Waals surface area (Å²) in [5.41, 5.74) is 9.10. The molecule has 1 aliphatic rings. The Morgan fingerprint density at radius 3 is 2.27 bits per heavy atom. The lowest BCUT2D eigenvalue weighted by molar-refractivity contribution is -0.128. The van der Waals surface area contributed by atoms with Crippen LogP contribution in [0.15, 0.2) is 47.4 Å². The molecule has 2 aromatic rings. The molecular weight excluding hydrogens is 402 g/mol. The maximum absolute atomic E-state index is 12.5. The molecule has 0 saturated carbocycles. The molecule has 2 amide bonds. The van der Waals surface area contributed by atoms with Crippen LogP contribution in [0.3, 0.4) is 0 Å². The van der Waals surface area contributed by atoms with Crippen molar-refractivity contribution in [2.75, 3.05) is 13.6 Å². The van der Waals surface area contributed by atoms with Gasteiger partial charge in [-0.2, -0.15) is 4.31 Å². The predicted octanol–water partition coefficient (Wildman–Crippen LogP) is 1.88. The number of nitrogens with one attached hydrogen (secondary N) is 2. The van der Waals surface area contributed by atoms with Crippen molar-refractivity contribution in [3.05, 3.63) is 64.7 Å². The molecule has 0 bridgehead atoms. The van der Waals surface area contributed by atoms with E-state index in [0.29, 0.717) is 0 Å². The van der Waals surface area contributed by atoms with Gasteiger partial charge in [0.25, 0.3) is 5.91 Å². The third-order valence-electron chi connectivity index (χ3n) is 5.21. The number of carbonyl (C=O) groups is 2. The maximum Gasteiger partial charge on any atom is 0.253 e. The molecule has 0 fully saturated rings. The van der Waals surface area contributed by atoms with Crippen molar-refractivity contribution in [1.82, 2.24) is 15.2 Å². The molecule has 1 aliphatic carbocycles. The average Bonchev–Trinajstić information content (AvgIpc) is 2.72. The number of hydrogen-bond acceptors (Lipinski definition) is 4. The fourth-order valence-corrected chi connectivity index (χ4v) is 4.61. The number of hydrogen-bond donors (Lipinski definition) is 2. The van der Waals surface area contributed by atoms with Gasteiger partial charge in [-0.1, -0.05) is 35.9 Å². The monoisotopic (exact) mass is 429 g/mol. The minimum absolute atomic E-state index is 0.111. The summed E-state index contributed by atoms with van der Waals surface area (Å²) >= 11 is 0. The molecule has 160 valence electrons. The maximum atomic E-state index is 12.5. The van der Waals surface area contributed by atoms with Gasteiger partial charge in [0.1, 0.15) is 0 Å². The van der Waals surface area contributed by atoms with Crippen molar-refractivity contribution in [2.24, 2.45) is 0 Å². The number of amides is 2. The first-order valence-electron chi connectivity index (χ1n) is 9.97. The molecule has 0 unspecified atom stereocenters. The molecule has 0 radical (unpaired) electrons. The van der Waals surface area contributed by atoms with Gasteiger partial charge >= 0.3 is 0 Å². The van der Waals surface area contributed by atoms with Gasteiger partial charge in [0, 0.05) is 7.05 Å². The second-order valence-corrected chi connectivity index (χ2v) is 9.70. The first-order chi connectivity index (χ1) is 14.3. The largest absolute Gasteiger partial charge is 0.273 e. The molecule has 3 rings (SSSR count). The van der Waals surface area contributed by atoms with Crippen LogP contribution < -0.4 is 10.9 Å². The van der Waals surface area contributed by atoms with E-state index >= 15 is 0 Å². The summed E-state index contributed by atoms with van der Waals surface area (Å²) in [6.45, 7) is 1.45. The summed E-state index contributed by atoms with van der Waals surface area (Å²) in [4.78, 5) is 24.4. The zero-order valence-corrected chi connectivity index (χ0v) is 18.1. The number of hydrazine groups is 1. The van der Waals surface area contributed by atoms with Crippen molar-refractivity contribution in [3.63, 3.8) is 0 Å². The number of sulfonamides is 1. The van der Waals surface area contributed by atoms with Crippen LogP contribution >= 0.6 is 0 Å². The lowest BCUT2D eigenvalue weighted by atomic mass is 9.90. The molecule has 7 nitrogen and oxygen atoms in total. The zero-order chi connectivity index (χ0) is 21.7. The molecule has 0 aliphatic heterocycles. The smallest absolute Gasteiger partial charge is 0.253 e. The van der Waals surface area contributed by atoms with Crippen LogP contribution in [-0.2, 0) is 38.9 Å². The van der Waals surface area contributed by atoms with Crippen LogP contribution in [0.25, 0.3) is 0 Å². The fourth-order valence-electron chi connectivity index (χ4n) is 3.48. The number of likely N-dealkylation sites (N-methyl/N-ethyl adjacent to an activating group) is 1. The minimum atomic E-state index is -3.79. The average molecular weight is 430 g/mol. The van der Waals surface area contributed by atoms with Crippen LogP contribution in [0.4, 0.5) is 0 Å². The van der Waals surface area contributed by atoms with E-state index in [9.17, 15) is 18.0 Å². The fraction of sp³-hybridized carbons (Fsp3) is 0.364. The molecule has 2 N–H and O–H groups in total. The van der Waals surface area contributed by atoms with Crippen LogP contribution in [0.2, 0.25) is 0 Å². The Morgan fingerprint density at radius 1 is 0.933 bits per heavy atom. The zero-order valence-electron chi connectivity index (χ0n) is 17.3. The van der Waals surface area contributed by atoms with E-state index in [0.717, 1.165) is 34.7 Å². The van der Waals surface area contributed by atoms with Crippen molar-refractivity contribution in [2.45, 2.75) is 43.9 Å². The van der Waals surface area contributed by atoms with Gasteiger partial charge in [-0.15, -0.1) is 0 Å². The molecule has 0 spiro atoms. The summed E-state index contributed by atoms with van der Waals surface area (Å²) in [5.74, 6) is -0.977. The van der Waals surface area contributed by atoms with E-state index in [-0.39, 0.29) is 17.2 Å². The number of fused-ring (bicyclic) bond motifs is 1. The standard InChI is InChI=1S/C22H27N3O4S/c1-16-7-11-20(12-8-16)30(28,29)25(2)15-22(27)24-23-21(26)14-17-9-10-18-5-3-4-6-19(18)13-17/h7-13H,3-6,14-15H2,1-2H3,(H,23,26)(H,24,27). The molecule has 0 saturated heterocycles. The number of carbonyl (C=O) groups excluding carboxylic acids is 2. The van der Waals surface area contributed by atoms with Crippen molar-refractivity contribution >= 4 is 21.8 Å². The lowest BCUT2D eigenvalue weighted by Gasteiger charge is -2.18. The Kier molecular flexibility index (Phi) is 6.89. The Morgan fingerprint density at radius 2 is 1.57 bits per heavy atom. The minimum Gasteiger partial charge on any atom is -0.273 e. The van der Waals surface area contributed by atoms with Gasteiger partial charge in [-0.25, -0.2) is 8.42 Å². The Labute approximate surface area is 177 Å². The Balaban J connectivity index is 1.50. The summed E-state index contributed by atoms with van der Waals surface area (Å²) in [6, 6.07) is 12.5. The van der Waals surface area contributed by atoms with Gasteiger partial charge in [0.2, 0.25) is 15.9 Å². The van der Waals surface area contributed by atoms with Crippen LogP contribution in [0.5, 0.6) is 0 Å². The van der Waals surface area contributed by atoms with Gasteiger partial charge in [0.15, 0.2) is 0 Å². The SMILES string of the molecule is Cc1ccc(S(=O)(=O)N(C)CC(=O)NNC(=O)Cc2ccc3c(c2)CCCC3)cc1. The van der Waals surface area contributed by atoms with E-state index in [2.05, 4.69) is 23.0 Å². The van der Waals surface area contributed by atoms with E-state index in [4.69, 9.17) is 0 Å². The van der Waals surface area contributed by atoms with Crippen LogP contribution in [0.1, 0.15) is 35.1 Å². The molecule has 0 aromatic heterocycles. The number of aryl methyl sites for hydroxylation is 3. The van der Waals surface area contributed by atoms with E-state index < -0.39 is 22.5 Å². The summed E-state index contributed by atoms with van der Waals surface area (Å²) in [6.07, 6.45) is 4.62. The van der Waals surface area contributed by atoms with E-state index in [1.807, 2.05) is 13.0 Å². The van der Waals surface area contributed by atoms with Crippen molar-refractivity contribution in [1.29, 1.82) is 0 Å². The quantitative estimate of drug-likeness (QED) is 0.686. The first-order valence-corrected chi connectivity index (χ1v) is 11.4. The van der Waals surface area contributed by atoms with Gasteiger partial charge in [0.05, 0.1) is 17.9 Å². The second kappa shape index (κ2) is 9.40. The summed E-state index contributed by atoms with van der Waals surface area (Å²) < 4.78 is 26.0. The molecule has 8 heteroatoms. The number of benzene rings is 2. The molecule has 2 aromatic carbocycles. The topological polar surface area (TPSA) is 95.6 Å². The van der Waals surface area contributed by atoms with E-state index in [1.165, 1.54) is 36.7 Å². The third-order valence-corrected chi connectivity index (χ3v) is 7.03. The third kappa shape index (κ3) is 5.46. The van der Waals surface area contributed by atoms with Crippen LogP contribution in [-0.4, -0.2) is 38.1 Å². The molecule has 0 atom stereocenters. The lowest BCUT2D eigenvalue weighted by Crippen LogP contribution is -2.47. The van der Waals surface area contributed by atoms with E-state index in [1.54, 1.807) is 12.1 Å². The highest BCUT2D eigenvalue weighted by molar-refractivity contribution is 7.89. The Bertz CT molecular complexity index is 1030. The van der Waals surface area contributed by atoms with Gasteiger partial charge in [-0.05, 0) is 61.4 Å². The molecule has 30 heavy (non-hydrogen) atoms. The highest BCUT2D eigenvalue weighted by atomic mass is 32.2. The van der Waals surface area contributed by atoms with Crippen LogP contribution in [0, 0.1) is 6.92 Å². The summed E-state index contributed by atoms with van der Waals surface area (Å²) in [5, 5.41) is 0.